The molecule has 0 radical (unpaired) electrons. The van der Waals surface area contributed by atoms with Gasteiger partial charge in [0, 0.05) is 37.9 Å². The number of halogens is 1. The van der Waals surface area contributed by atoms with Crippen molar-refractivity contribution in [2.75, 3.05) is 20.1 Å². The van der Waals surface area contributed by atoms with E-state index >= 15 is 0 Å². The van der Waals surface area contributed by atoms with Crippen molar-refractivity contribution < 1.29 is 9.59 Å². The van der Waals surface area contributed by atoms with E-state index in [1.54, 1.807) is 23.9 Å². The lowest BCUT2D eigenvalue weighted by atomic mass is 10.1. The summed E-state index contributed by atoms with van der Waals surface area (Å²) in [6.07, 6.45) is 3.84. The third-order valence-corrected chi connectivity index (χ3v) is 3.75. The van der Waals surface area contributed by atoms with Crippen LogP contribution in [0.5, 0.6) is 0 Å². The molecule has 1 atom stereocenters. The number of rotatable bonds is 3. The Balaban J connectivity index is 0.00000200. The molecule has 2 rings (SSSR count). The van der Waals surface area contributed by atoms with Crippen molar-refractivity contribution in [3.05, 3.63) is 23.5 Å². The van der Waals surface area contributed by atoms with Gasteiger partial charge in [0.15, 0.2) is 5.78 Å². The third-order valence-electron chi connectivity index (χ3n) is 3.75. The van der Waals surface area contributed by atoms with E-state index in [4.69, 9.17) is 0 Å². The molecule has 0 bridgehead atoms. The predicted octanol–water partition coefficient (Wildman–Crippen LogP) is 1.47. The Hall–Kier alpha value is -1.33. The van der Waals surface area contributed by atoms with Crippen LogP contribution in [0, 0.1) is 0 Å². The Morgan fingerprint density at radius 3 is 2.65 bits per heavy atom. The van der Waals surface area contributed by atoms with Crippen molar-refractivity contribution in [1.29, 1.82) is 0 Å². The van der Waals surface area contributed by atoms with Gasteiger partial charge < -0.3 is 14.8 Å². The van der Waals surface area contributed by atoms with E-state index in [0.717, 1.165) is 25.9 Å². The van der Waals surface area contributed by atoms with E-state index in [9.17, 15) is 9.59 Å². The summed E-state index contributed by atoms with van der Waals surface area (Å²) in [5, 5.41) is 3.22. The number of aryl methyl sites for hydroxylation is 1. The van der Waals surface area contributed by atoms with Gasteiger partial charge >= 0.3 is 0 Å². The molecular formula is C14H22ClN3O2. The lowest BCUT2D eigenvalue weighted by Crippen LogP contribution is -2.47. The van der Waals surface area contributed by atoms with E-state index in [1.165, 1.54) is 6.92 Å². The zero-order valence-corrected chi connectivity index (χ0v) is 13.0. The average Bonchev–Trinajstić information content (AvgIpc) is 2.80. The van der Waals surface area contributed by atoms with Crippen LogP contribution in [0.4, 0.5) is 0 Å². The second kappa shape index (κ2) is 6.90. The monoisotopic (exact) mass is 299 g/mol. The Morgan fingerprint density at radius 1 is 1.40 bits per heavy atom. The average molecular weight is 300 g/mol. The number of carbonyl (C=O) groups excluding carboxylic acids is 2. The number of Topliss-reactive ketones (excluding diaryl/α,β-unsaturated/α-hetero) is 1. The van der Waals surface area contributed by atoms with Crippen molar-refractivity contribution in [2.24, 2.45) is 7.05 Å². The van der Waals surface area contributed by atoms with Crippen LogP contribution in [-0.4, -0.2) is 47.3 Å². The van der Waals surface area contributed by atoms with Gasteiger partial charge in [-0.15, -0.1) is 12.4 Å². The minimum absolute atomic E-state index is 0. The highest BCUT2D eigenvalue weighted by Gasteiger charge is 2.25. The van der Waals surface area contributed by atoms with Gasteiger partial charge in [-0.2, -0.15) is 0 Å². The molecule has 0 aromatic carbocycles. The summed E-state index contributed by atoms with van der Waals surface area (Å²) < 4.78 is 1.74. The van der Waals surface area contributed by atoms with E-state index < -0.39 is 0 Å². The largest absolute Gasteiger partial charge is 0.346 e. The smallest absolute Gasteiger partial charge is 0.270 e. The normalized spacial score (nSPS) is 18.6. The highest BCUT2D eigenvalue weighted by atomic mass is 35.5. The fourth-order valence-electron chi connectivity index (χ4n) is 2.53. The minimum Gasteiger partial charge on any atom is -0.346 e. The molecule has 1 aromatic rings. The van der Waals surface area contributed by atoms with Gasteiger partial charge in [0.1, 0.15) is 5.69 Å². The summed E-state index contributed by atoms with van der Waals surface area (Å²) in [5.41, 5.74) is 1.18. The van der Waals surface area contributed by atoms with Crippen molar-refractivity contribution in [2.45, 2.75) is 25.8 Å². The van der Waals surface area contributed by atoms with E-state index in [2.05, 4.69) is 5.32 Å². The highest BCUT2D eigenvalue weighted by Crippen LogP contribution is 2.15. The van der Waals surface area contributed by atoms with Crippen LogP contribution >= 0.6 is 12.4 Å². The van der Waals surface area contributed by atoms with Crippen molar-refractivity contribution in [1.82, 2.24) is 14.8 Å². The summed E-state index contributed by atoms with van der Waals surface area (Å²) in [6.45, 7) is 3.04. The van der Waals surface area contributed by atoms with Crippen LogP contribution in [0.3, 0.4) is 0 Å². The quantitative estimate of drug-likeness (QED) is 0.860. The minimum atomic E-state index is -0.0126. The second-order valence-electron chi connectivity index (χ2n) is 5.16. The number of hydrogen-bond donors (Lipinski definition) is 1. The Bertz CT molecular complexity index is 499. The molecule has 1 aliphatic rings. The van der Waals surface area contributed by atoms with Gasteiger partial charge in [0.05, 0.1) is 0 Å². The summed E-state index contributed by atoms with van der Waals surface area (Å²) in [5.74, 6) is -0.00338. The number of carbonyl (C=O) groups is 2. The third kappa shape index (κ3) is 3.41. The van der Waals surface area contributed by atoms with Gasteiger partial charge in [-0.3, -0.25) is 9.59 Å². The first-order chi connectivity index (χ1) is 9.02. The first kappa shape index (κ1) is 16.7. The van der Waals surface area contributed by atoms with E-state index in [-0.39, 0.29) is 24.1 Å². The standard InChI is InChI=1S/C14H21N3O2.ClH/c1-10(18)11-7-13(16(3)8-11)14(19)17-6-4-5-12(9-17)15-2;/h7-8,12,15H,4-6,9H2,1-3H3;1H. The zero-order valence-electron chi connectivity index (χ0n) is 12.2. The van der Waals surface area contributed by atoms with Crippen LogP contribution in [0.25, 0.3) is 0 Å². The van der Waals surface area contributed by atoms with Crippen LogP contribution in [0.2, 0.25) is 0 Å². The predicted molar refractivity (Wildman–Crippen MR) is 80.7 cm³/mol. The van der Waals surface area contributed by atoms with Gasteiger partial charge in [-0.25, -0.2) is 0 Å². The lowest BCUT2D eigenvalue weighted by Gasteiger charge is -2.32. The topological polar surface area (TPSA) is 54.3 Å². The number of ketones is 1. The molecule has 1 aromatic heterocycles. The van der Waals surface area contributed by atoms with Crippen molar-refractivity contribution >= 4 is 24.1 Å². The number of amides is 1. The number of hydrogen-bond acceptors (Lipinski definition) is 3. The number of nitrogens with zero attached hydrogens (tertiary/aromatic N) is 2. The fraction of sp³-hybridized carbons (Fsp3) is 0.571. The van der Waals surface area contributed by atoms with Crippen molar-refractivity contribution in [3.63, 3.8) is 0 Å². The molecule has 1 aliphatic heterocycles. The first-order valence-electron chi connectivity index (χ1n) is 6.66. The molecule has 5 nitrogen and oxygen atoms in total. The number of aromatic nitrogens is 1. The summed E-state index contributed by atoms with van der Waals surface area (Å²) >= 11 is 0. The number of piperidine rings is 1. The fourth-order valence-corrected chi connectivity index (χ4v) is 2.53. The molecular weight excluding hydrogens is 278 g/mol. The Labute approximate surface area is 125 Å². The van der Waals surface area contributed by atoms with Crippen LogP contribution in [-0.2, 0) is 7.05 Å². The van der Waals surface area contributed by atoms with Crippen molar-refractivity contribution in [3.8, 4) is 0 Å². The van der Waals surface area contributed by atoms with E-state index in [1.807, 2.05) is 11.9 Å². The number of nitrogens with one attached hydrogen (secondary N) is 1. The molecule has 0 spiro atoms. The number of likely N-dealkylation sites (N-methyl/N-ethyl adjacent to an activating group) is 1. The first-order valence-corrected chi connectivity index (χ1v) is 6.66. The summed E-state index contributed by atoms with van der Waals surface area (Å²) in [7, 11) is 3.73. The lowest BCUT2D eigenvalue weighted by molar-refractivity contribution is 0.0688. The molecule has 20 heavy (non-hydrogen) atoms. The Morgan fingerprint density at radius 2 is 2.10 bits per heavy atom. The summed E-state index contributed by atoms with van der Waals surface area (Å²) in [6, 6.07) is 2.05. The molecule has 6 heteroatoms. The molecule has 112 valence electrons. The molecule has 0 aliphatic carbocycles. The van der Waals surface area contributed by atoms with Gasteiger partial charge in [-0.1, -0.05) is 0 Å². The van der Waals surface area contributed by atoms with Gasteiger partial charge in [0.25, 0.3) is 5.91 Å². The van der Waals surface area contributed by atoms with E-state index in [0.29, 0.717) is 17.3 Å². The molecule has 0 saturated carbocycles. The maximum atomic E-state index is 12.5. The molecule has 1 amide bonds. The van der Waals surface area contributed by atoms with Gasteiger partial charge in [-0.05, 0) is 32.9 Å². The summed E-state index contributed by atoms with van der Waals surface area (Å²) in [4.78, 5) is 25.7. The molecule has 1 fully saturated rings. The maximum absolute atomic E-state index is 12.5. The molecule has 1 saturated heterocycles. The maximum Gasteiger partial charge on any atom is 0.270 e. The SMILES string of the molecule is CNC1CCCN(C(=O)c2cc(C(C)=O)cn2C)C1.Cl. The molecule has 1 unspecified atom stereocenters. The second-order valence-corrected chi connectivity index (χ2v) is 5.16. The number of likely N-dealkylation sites (tertiary alicyclic amines) is 1. The highest BCUT2D eigenvalue weighted by molar-refractivity contribution is 5.99. The molecule has 1 N–H and O–H groups in total. The Kier molecular flexibility index (Phi) is 5.77. The van der Waals surface area contributed by atoms with Gasteiger partial charge in [0.2, 0.25) is 0 Å². The molecule has 2 heterocycles. The van der Waals surface area contributed by atoms with Crippen LogP contribution in [0.1, 0.15) is 40.6 Å². The van der Waals surface area contributed by atoms with Crippen LogP contribution < -0.4 is 5.32 Å². The van der Waals surface area contributed by atoms with Crippen LogP contribution in [0.15, 0.2) is 12.3 Å². The zero-order chi connectivity index (χ0) is 14.0.